The van der Waals surface area contributed by atoms with E-state index in [1.165, 1.54) is 0 Å². The first kappa shape index (κ1) is 20.2. The quantitative estimate of drug-likeness (QED) is 0.662. The Kier molecular flexibility index (Phi) is 9.13. The predicted octanol–water partition coefficient (Wildman–Crippen LogP) is 3.82. The minimum Gasteiger partial charge on any atom is -0.354 e. The molecule has 0 aliphatic heterocycles. The van der Waals surface area contributed by atoms with Crippen molar-refractivity contribution >= 4 is 11.8 Å². The van der Waals surface area contributed by atoms with Crippen LogP contribution in [-0.4, -0.2) is 29.3 Å². The maximum absolute atomic E-state index is 12.6. The fraction of sp³-hybridized carbons (Fsp3) is 0.600. The number of amides is 2. The van der Waals surface area contributed by atoms with Gasteiger partial charge in [-0.05, 0) is 37.3 Å². The highest BCUT2D eigenvalue weighted by Gasteiger charge is 2.28. The van der Waals surface area contributed by atoms with Gasteiger partial charge >= 0.3 is 0 Å². The first-order chi connectivity index (χ1) is 11.5. The number of hydrogen-bond acceptors (Lipinski definition) is 2. The third-order valence-corrected chi connectivity index (χ3v) is 4.28. The Bertz CT molecular complexity index is 528. The van der Waals surface area contributed by atoms with Gasteiger partial charge in [0.2, 0.25) is 11.8 Å². The lowest BCUT2D eigenvalue weighted by atomic mass is 10.1. The molecule has 4 nitrogen and oxygen atoms in total. The van der Waals surface area contributed by atoms with E-state index in [0.29, 0.717) is 25.9 Å². The van der Waals surface area contributed by atoms with Gasteiger partial charge in [0, 0.05) is 19.5 Å². The van der Waals surface area contributed by atoms with E-state index in [1.807, 2.05) is 45.0 Å². The molecule has 2 amide bonds. The van der Waals surface area contributed by atoms with Gasteiger partial charge in [-0.15, -0.1) is 0 Å². The zero-order valence-electron chi connectivity index (χ0n) is 15.6. The Morgan fingerprint density at radius 2 is 1.83 bits per heavy atom. The van der Waals surface area contributed by atoms with Gasteiger partial charge in [0.1, 0.15) is 6.04 Å². The summed E-state index contributed by atoms with van der Waals surface area (Å²) in [5.41, 5.74) is 2.25. The van der Waals surface area contributed by atoms with Crippen molar-refractivity contribution in [2.75, 3.05) is 6.54 Å². The van der Waals surface area contributed by atoms with Crippen molar-refractivity contribution in [2.45, 2.75) is 72.4 Å². The van der Waals surface area contributed by atoms with Gasteiger partial charge in [-0.3, -0.25) is 9.59 Å². The van der Waals surface area contributed by atoms with Gasteiger partial charge in [-0.1, -0.05) is 51.5 Å². The third-order valence-electron chi connectivity index (χ3n) is 4.28. The molecule has 1 atom stereocenters. The van der Waals surface area contributed by atoms with Crippen LogP contribution in [0.5, 0.6) is 0 Å². The normalized spacial score (nSPS) is 11.8. The average Bonchev–Trinajstić information content (AvgIpc) is 2.56. The molecular weight excluding hydrogens is 300 g/mol. The van der Waals surface area contributed by atoms with Crippen molar-refractivity contribution in [3.05, 3.63) is 35.4 Å². The molecule has 0 saturated carbocycles. The maximum Gasteiger partial charge on any atom is 0.242 e. The average molecular weight is 332 g/mol. The van der Waals surface area contributed by atoms with Crippen LogP contribution in [0.4, 0.5) is 0 Å². The summed E-state index contributed by atoms with van der Waals surface area (Å²) in [6, 6.07) is 7.64. The number of unbranched alkanes of at least 4 members (excludes halogenated alkanes) is 1. The van der Waals surface area contributed by atoms with Gasteiger partial charge in [-0.25, -0.2) is 0 Å². The second-order valence-electron chi connectivity index (χ2n) is 6.27. The zero-order chi connectivity index (χ0) is 17.9. The largest absolute Gasteiger partial charge is 0.354 e. The molecular formula is C20H32N2O2. The second kappa shape index (κ2) is 10.8. The molecule has 0 saturated heterocycles. The van der Waals surface area contributed by atoms with Gasteiger partial charge < -0.3 is 10.2 Å². The number of carbonyl (C=O) groups is 2. The fourth-order valence-corrected chi connectivity index (χ4v) is 2.75. The van der Waals surface area contributed by atoms with Crippen LogP contribution in [0.15, 0.2) is 24.3 Å². The highest BCUT2D eigenvalue weighted by molar-refractivity contribution is 5.87. The van der Waals surface area contributed by atoms with E-state index in [-0.39, 0.29) is 11.8 Å². The smallest absolute Gasteiger partial charge is 0.242 e. The zero-order valence-corrected chi connectivity index (χ0v) is 15.6. The van der Waals surface area contributed by atoms with Crippen molar-refractivity contribution < 1.29 is 9.59 Å². The lowest BCUT2D eigenvalue weighted by Gasteiger charge is -2.31. The molecule has 4 heteroatoms. The van der Waals surface area contributed by atoms with Gasteiger partial charge in [0.15, 0.2) is 0 Å². The minimum atomic E-state index is -0.402. The number of hydrogen-bond donors (Lipinski definition) is 1. The van der Waals surface area contributed by atoms with Gasteiger partial charge in [-0.2, -0.15) is 0 Å². The van der Waals surface area contributed by atoms with Crippen molar-refractivity contribution in [3.63, 3.8) is 0 Å². The Morgan fingerprint density at radius 3 is 2.42 bits per heavy atom. The number of nitrogens with zero attached hydrogens (tertiary/aromatic N) is 1. The number of benzene rings is 1. The van der Waals surface area contributed by atoms with Crippen LogP contribution in [0, 0.1) is 6.92 Å². The van der Waals surface area contributed by atoms with Crippen LogP contribution >= 0.6 is 0 Å². The number of carbonyl (C=O) groups excluding carboxylic acids is 2. The van der Waals surface area contributed by atoms with E-state index in [1.54, 1.807) is 4.90 Å². The highest BCUT2D eigenvalue weighted by atomic mass is 16.2. The third kappa shape index (κ3) is 5.99. The van der Waals surface area contributed by atoms with Crippen LogP contribution in [0.1, 0.15) is 64.0 Å². The van der Waals surface area contributed by atoms with E-state index in [2.05, 4.69) is 12.2 Å². The van der Waals surface area contributed by atoms with Gasteiger partial charge in [0.25, 0.3) is 0 Å². The SMILES string of the molecule is CCCCNC(=O)[C@H](CC)N(Cc1ccccc1C)C(=O)CCC. The lowest BCUT2D eigenvalue weighted by Crippen LogP contribution is -2.49. The fourth-order valence-electron chi connectivity index (χ4n) is 2.75. The maximum atomic E-state index is 12.6. The molecule has 134 valence electrons. The van der Waals surface area contributed by atoms with E-state index >= 15 is 0 Å². The first-order valence-electron chi connectivity index (χ1n) is 9.16. The number of rotatable bonds is 10. The Morgan fingerprint density at radius 1 is 1.12 bits per heavy atom. The Hall–Kier alpha value is -1.84. The van der Waals surface area contributed by atoms with Crippen molar-refractivity contribution in [1.82, 2.24) is 10.2 Å². The summed E-state index contributed by atoms with van der Waals surface area (Å²) in [4.78, 5) is 27.0. The minimum absolute atomic E-state index is 0.0380. The van der Waals surface area contributed by atoms with E-state index in [9.17, 15) is 9.59 Å². The summed E-state index contributed by atoms with van der Waals surface area (Å²) in [6.07, 6.45) is 3.89. The molecule has 0 bridgehead atoms. The highest BCUT2D eigenvalue weighted by Crippen LogP contribution is 2.16. The van der Waals surface area contributed by atoms with Gasteiger partial charge in [0.05, 0.1) is 0 Å². The molecule has 0 radical (unpaired) electrons. The molecule has 1 N–H and O–H groups in total. The van der Waals surface area contributed by atoms with E-state index in [4.69, 9.17) is 0 Å². The molecule has 24 heavy (non-hydrogen) atoms. The molecule has 1 aromatic carbocycles. The van der Waals surface area contributed by atoms with Crippen LogP contribution in [0.3, 0.4) is 0 Å². The Balaban J connectivity index is 2.95. The second-order valence-corrected chi connectivity index (χ2v) is 6.27. The summed E-state index contributed by atoms with van der Waals surface area (Å²) in [5.74, 6) is 0.0160. The van der Waals surface area contributed by atoms with E-state index in [0.717, 1.165) is 30.4 Å². The number of nitrogens with one attached hydrogen (secondary N) is 1. The van der Waals surface area contributed by atoms with Crippen molar-refractivity contribution in [3.8, 4) is 0 Å². The monoisotopic (exact) mass is 332 g/mol. The van der Waals surface area contributed by atoms with Crippen molar-refractivity contribution in [2.24, 2.45) is 0 Å². The molecule has 0 spiro atoms. The summed E-state index contributed by atoms with van der Waals surface area (Å²) in [6.45, 7) is 9.26. The van der Waals surface area contributed by atoms with Crippen LogP contribution in [0.2, 0.25) is 0 Å². The standard InChI is InChI=1S/C20H32N2O2/c1-5-8-14-21-20(24)18(7-3)22(19(23)11-6-2)15-17-13-10-9-12-16(17)4/h9-10,12-13,18H,5-8,11,14-15H2,1-4H3,(H,21,24)/t18-/m0/s1. The van der Waals surface area contributed by atoms with Crippen LogP contribution in [-0.2, 0) is 16.1 Å². The molecule has 0 aromatic heterocycles. The summed E-state index contributed by atoms with van der Waals surface area (Å²) in [7, 11) is 0. The molecule has 1 rings (SSSR count). The first-order valence-corrected chi connectivity index (χ1v) is 9.16. The molecule has 0 aliphatic carbocycles. The number of aryl methyl sites for hydroxylation is 1. The molecule has 0 fully saturated rings. The molecule has 0 unspecified atom stereocenters. The van der Waals surface area contributed by atoms with Crippen LogP contribution in [0.25, 0.3) is 0 Å². The summed E-state index contributed by atoms with van der Waals surface area (Å²) >= 11 is 0. The molecule has 0 heterocycles. The summed E-state index contributed by atoms with van der Waals surface area (Å²) < 4.78 is 0. The molecule has 1 aromatic rings. The lowest BCUT2D eigenvalue weighted by molar-refractivity contribution is -0.141. The molecule has 0 aliphatic rings. The predicted molar refractivity (Wildman–Crippen MR) is 98.6 cm³/mol. The topological polar surface area (TPSA) is 49.4 Å². The Labute approximate surface area is 146 Å². The van der Waals surface area contributed by atoms with Crippen LogP contribution < -0.4 is 5.32 Å². The van der Waals surface area contributed by atoms with E-state index < -0.39 is 6.04 Å². The summed E-state index contributed by atoms with van der Waals surface area (Å²) in [5, 5.41) is 2.98. The van der Waals surface area contributed by atoms with Crippen molar-refractivity contribution in [1.29, 1.82) is 0 Å².